The lowest BCUT2D eigenvalue weighted by Crippen LogP contribution is -2.25. The van der Waals surface area contributed by atoms with Crippen LogP contribution in [-0.4, -0.2) is 56.2 Å². The zero-order valence-corrected chi connectivity index (χ0v) is 24.0. The third-order valence-corrected chi connectivity index (χ3v) is 7.61. The minimum Gasteiger partial charge on any atom is -0.496 e. The first-order valence-electron chi connectivity index (χ1n) is 13.5. The fourth-order valence-electron chi connectivity index (χ4n) is 5.06. The summed E-state index contributed by atoms with van der Waals surface area (Å²) in [6.07, 6.45) is 5.56. The summed E-state index contributed by atoms with van der Waals surface area (Å²) in [5.74, 6) is -0.165. The molecule has 0 radical (unpaired) electrons. The average molecular weight is 570 g/mol. The number of nitrogens with zero attached hydrogens (tertiary/aromatic N) is 1. The SMILES string of the molecule is COc1c(C)c2c(c(NC(=O)Nc3ccccc3Cl)c1C/C=C(\C)CCC(=O)OCCN1CCCC1)C(=O)OC2. The number of para-hydroxylation sites is 1. The van der Waals surface area contributed by atoms with Gasteiger partial charge in [0.1, 0.15) is 19.0 Å². The molecule has 0 saturated carbocycles. The van der Waals surface area contributed by atoms with Gasteiger partial charge in [-0.3, -0.25) is 9.69 Å². The number of urea groups is 1. The summed E-state index contributed by atoms with van der Waals surface area (Å²) in [5, 5.41) is 5.96. The molecule has 2 aromatic carbocycles. The Kier molecular flexibility index (Phi) is 10.1. The molecule has 4 rings (SSSR count). The molecule has 2 heterocycles. The van der Waals surface area contributed by atoms with E-state index in [0.717, 1.165) is 30.8 Å². The summed E-state index contributed by atoms with van der Waals surface area (Å²) in [6.45, 7) is 7.24. The van der Waals surface area contributed by atoms with E-state index in [2.05, 4.69) is 15.5 Å². The van der Waals surface area contributed by atoms with Gasteiger partial charge in [0.25, 0.3) is 0 Å². The second-order valence-corrected chi connectivity index (χ2v) is 10.4. The number of amides is 2. The Hall–Kier alpha value is -3.56. The molecular formula is C30H36ClN3O6. The number of benzene rings is 2. The molecule has 2 aromatic rings. The normalized spacial score (nSPS) is 15.0. The number of methoxy groups -OCH3 is 1. The number of anilines is 2. The molecule has 1 saturated heterocycles. The van der Waals surface area contributed by atoms with Gasteiger partial charge in [0.05, 0.1) is 29.1 Å². The first-order valence-corrected chi connectivity index (χ1v) is 13.9. The molecule has 0 spiro atoms. The Morgan fingerprint density at radius 1 is 1.15 bits per heavy atom. The van der Waals surface area contributed by atoms with Gasteiger partial charge < -0.3 is 24.8 Å². The van der Waals surface area contributed by atoms with Gasteiger partial charge in [-0.25, -0.2) is 9.59 Å². The first kappa shape index (κ1) is 29.4. The number of esters is 2. The fourth-order valence-corrected chi connectivity index (χ4v) is 5.25. The highest BCUT2D eigenvalue weighted by Gasteiger charge is 2.32. The molecule has 2 aliphatic heterocycles. The summed E-state index contributed by atoms with van der Waals surface area (Å²) >= 11 is 6.20. The highest BCUT2D eigenvalue weighted by atomic mass is 35.5. The second kappa shape index (κ2) is 13.7. The van der Waals surface area contributed by atoms with E-state index in [1.807, 2.05) is 19.9 Å². The minimum absolute atomic E-state index is 0.103. The molecular weight excluding hydrogens is 534 g/mol. The summed E-state index contributed by atoms with van der Waals surface area (Å²) < 4.78 is 16.5. The number of carbonyl (C=O) groups is 3. The molecule has 0 atom stereocenters. The van der Waals surface area contributed by atoms with Crippen molar-refractivity contribution >= 4 is 40.9 Å². The monoisotopic (exact) mass is 569 g/mol. The highest BCUT2D eigenvalue weighted by molar-refractivity contribution is 6.33. The van der Waals surface area contributed by atoms with Crippen molar-refractivity contribution in [3.63, 3.8) is 0 Å². The van der Waals surface area contributed by atoms with E-state index < -0.39 is 12.0 Å². The summed E-state index contributed by atoms with van der Waals surface area (Å²) in [4.78, 5) is 40.3. The Morgan fingerprint density at radius 3 is 2.62 bits per heavy atom. The quantitative estimate of drug-likeness (QED) is 0.257. The molecule has 9 nitrogen and oxygen atoms in total. The number of cyclic esters (lactones) is 1. The maximum absolute atomic E-state index is 13.0. The van der Waals surface area contributed by atoms with E-state index in [-0.39, 0.29) is 19.0 Å². The molecule has 214 valence electrons. The van der Waals surface area contributed by atoms with Crippen LogP contribution in [0.25, 0.3) is 0 Å². The Bertz CT molecular complexity index is 1300. The number of hydrogen-bond acceptors (Lipinski definition) is 7. The van der Waals surface area contributed by atoms with Crippen LogP contribution in [0.1, 0.15) is 59.7 Å². The molecule has 2 aliphatic rings. The minimum atomic E-state index is -0.556. The molecule has 0 unspecified atom stereocenters. The van der Waals surface area contributed by atoms with Gasteiger partial charge in [-0.2, -0.15) is 0 Å². The summed E-state index contributed by atoms with van der Waals surface area (Å²) in [7, 11) is 1.55. The average Bonchev–Trinajstić information content (AvgIpc) is 3.59. The van der Waals surface area contributed by atoms with Crippen LogP contribution < -0.4 is 15.4 Å². The van der Waals surface area contributed by atoms with Gasteiger partial charge in [0, 0.05) is 24.1 Å². The van der Waals surface area contributed by atoms with Crippen molar-refractivity contribution < 1.29 is 28.6 Å². The Labute approximate surface area is 239 Å². The number of ether oxygens (including phenoxy) is 3. The standard InChI is InChI=1S/C30H36ClN3O6/c1-19(11-13-25(35)39-17-16-34-14-6-7-15-34)10-12-21-27(33-30(37)32-24-9-5-4-8-23(24)31)26-22(18-40-29(26)36)20(2)28(21)38-3/h4-5,8-10H,6-7,11-18H2,1-3H3,(H2,32,33,37)/b19-10+. The van der Waals surface area contributed by atoms with E-state index in [1.54, 1.807) is 31.4 Å². The number of likely N-dealkylation sites (tertiary alicyclic amines) is 1. The predicted octanol–water partition coefficient (Wildman–Crippen LogP) is 5.88. The van der Waals surface area contributed by atoms with Crippen LogP contribution in [0, 0.1) is 6.92 Å². The van der Waals surface area contributed by atoms with Crippen molar-refractivity contribution in [3.8, 4) is 5.75 Å². The number of nitrogens with one attached hydrogen (secondary N) is 2. The zero-order chi connectivity index (χ0) is 28.6. The van der Waals surface area contributed by atoms with Crippen LogP contribution >= 0.6 is 11.6 Å². The molecule has 1 fully saturated rings. The van der Waals surface area contributed by atoms with Crippen molar-refractivity contribution in [2.24, 2.45) is 0 Å². The van der Waals surface area contributed by atoms with Gasteiger partial charge in [-0.15, -0.1) is 0 Å². The fraction of sp³-hybridized carbons (Fsp3) is 0.433. The van der Waals surface area contributed by atoms with Crippen LogP contribution in [0.4, 0.5) is 16.2 Å². The number of halogens is 1. The van der Waals surface area contributed by atoms with Crippen molar-refractivity contribution in [2.45, 2.75) is 52.6 Å². The van der Waals surface area contributed by atoms with Crippen molar-refractivity contribution in [2.75, 3.05) is 44.0 Å². The van der Waals surface area contributed by atoms with E-state index in [0.29, 0.717) is 58.3 Å². The van der Waals surface area contributed by atoms with Crippen LogP contribution in [0.3, 0.4) is 0 Å². The highest BCUT2D eigenvalue weighted by Crippen LogP contribution is 2.41. The van der Waals surface area contributed by atoms with Crippen molar-refractivity contribution in [1.29, 1.82) is 0 Å². The Balaban J connectivity index is 1.48. The van der Waals surface area contributed by atoms with Gasteiger partial charge in [0.2, 0.25) is 0 Å². The smallest absolute Gasteiger partial charge is 0.341 e. The molecule has 2 N–H and O–H groups in total. The number of hydrogen-bond donors (Lipinski definition) is 2. The van der Waals surface area contributed by atoms with Crippen molar-refractivity contribution in [1.82, 2.24) is 4.90 Å². The topological polar surface area (TPSA) is 106 Å². The molecule has 40 heavy (non-hydrogen) atoms. The third kappa shape index (κ3) is 7.14. The number of fused-ring (bicyclic) bond motifs is 1. The van der Waals surface area contributed by atoms with Crippen molar-refractivity contribution in [3.05, 3.63) is 63.2 Å². The lowest BCUT2D eigenvalue weighted by Gasteiger charge is -2.20. The van der Waals surface area contributed by atoms with Crippen LogP contribution in [0.15, 0.2) is 35.9 Å². The zero-order valence-electron chi connectivity index (χ0n) is 23.2. The maximum Gasteiger partial charge on any atom is 0.341 e. The second-order valence-electron chi connectivity index (χ2n) is 10.0. The molecule has 0 aromatic heterocycles. The predicted molar refractivity (Wildman–Crippen MR) is 154 cm³/mol. The van der Waals surface area contributed by atoms with E-state index in [9.17, 15) is 14.4 Å². The summed E-state index contributed by atoms with van der Waals surface area (Å²) in [5.41, 5.74) is 4.15. The van der Waals surface area contributed by atoms with Gasteiger partial charge in [0.15, 0.2) is 0 Å². The molecule has 0 aliphatic carbocycles. The lowest BCUT2D eigenvalue weighted by molar-refractivity contribution is -0.143. The van der Waals surface area contributed by atoms with Gasteiger partial charge in [-0.05, 0) is 70.3 Å². The first-order chi connectivity index (χ1) is 19.3. The van der Waals surface area contributed by atoms with E-state index >= 15 is 0 Å². The molecule has 10 heteroatoms. The van der Waals surface area contributed by atoms with Crippen LogP contribution in [0.5, 0.6) is 5.75 Å². The van der Waals surface area contributed by atoms with Crippen LogP contribution in [-0.2, 0) is 27.3 Å². The Morgan fingerprint density at radius 2 is 1.90 bits per heavy atom. The maximum atomic E-state index is 13.0. The third-order valence-electron chi connectivity index (χ3n) is 7.28. The van der Waals surface area contributed by atoms with Gasteiger partial charge in [-0.1, -0.05) is 35.4 Å². The number of rotatable bonds is 11. The summed E-state index contributed by atoms with van der Waals surface area (Å²) in [6, 6.07) is 6.32. The number of carbonyl (C=O) groups excluding carboxylic acids is 3. The number of allylic oxidation sites excluding steroid dienone is 2. The van der Waals surface area contributed by atoms with Crippen LogP contribution in [0.2, 0.25) is 5.02 Å². The van der Waals surface area contributed by atoms with Gasteiger partial charge >= 0.3 is 18.0 Å². The molecule has 2 amide bonds. The van der Waals surface area contributed by atoms with E-state index in [1.165, 1.54) is 12.8 Å². The molecule has 0 bridgehead atoms. The van der Waals surface area contributed by atoms with E-state index in [4.69, 9.17) is 25.8 Å². The largest absolute Gasteiger partial charge is 0.496 e. The lowest BCUT2D eigenvalue weighted by atomic mass is 9.93.